The van der Waals surface area contributed by atoms with Crippen molar-refractivity contribution < 1.29 is 9.47 Å². The first-order chi connectivity index (χ1) is 17.4. The van der Waals surface area contributed by atoms with Crippen LogP contribution in [0.4, 0.5) is 0 Å². The molecule has 0 bridgehead atoms. The first kappa shape index (κ1) is 25.5. The Hall–Kier alpha value is -2.16. The molecule has 2 atom stereocenters. The predicted molar refractivity (Wildman–Crippen MR) is 143 cm³/mol. The third-order valence-corrected chi connectivity index (χ3v) is 7.87. The molecule has 0 radical (unpaired) electrons. The molecule has 1 fully saturated rings. The van der Waals surface area contributed by atoms with E-state index in [4.69, 9.17) is 32.7 Å². The van der Waals surface area contributed by atoms with Crippen LogP contribution in [0.1, 0.15) is 35.3 Å². The maximum Gasteiger partial charge on any atom is 0.140 e. The van der Waals surface area contributed by atoms with Gasteiger partial charge >= 0.3 is 0 Å². The van der Waals surface area contributed by atoms with E-state index in [2.05, 4.69) is 20.0 Å². The molecule has 7 nitrogen and oxygen atoms in total. The highest BCUT2D eigenvalue weighted by Gasteiger charge is 2.40. The average molecular weight is 531 g/mol. The number of halogens is 2. The first-order valence-electron chi connectivity index (χ1n) is 12.5. The molecule has 0 saturated carbocycles. The lowest BCUT2D eigenvalue weighted by Crippen LogP contribution is -2.42. The van der Waals surface area contributed by atoms with E-state index in [0.29, 0.717) is 5.02 Å². The lowest BCUT2D eigenvalue weighted by Gasteiger charge is -2.32. The summed E-state index contributed by atoms with van der Waals surface area (Å²) >= 11 is 13.1. The van der Waals surface area contributed by atoms with Crippen LogP contribution in [0.3, 0.4) is 0 Å². The zero-order valence-corrected chi connectivity index (χ0v) is 22.6. The van der Waals surface area contributed by atoms with Crippen LogP contribution in [0, 0.1) is 13.8 Å². The number of nitrogens with zero attached hydrogens (tertiary/aromatic N) is 5. The number of ether oxygens (including phenoxy) is 2. The Morgan fingerprint density at radius 2 is 1.72 bits per heavy atom. The van der Waals surface area contributed by atoms with E-state index in [-0.39, 0.29) is 12.1 Å². The van der Waals surface area contributed by atoms with Gasteiger partial charge in [0.05, 0.1) is 12.6 Å². The number of hydrogen-bond acceptors (Lipinski definition) is 6. The summed E-state index contributed by atoms with van der Waals surface area (Å²) in [5.41, 5.74) is 3.25. The predicted octanol–water partition coefficient (Wildman–Crippen LogP) is 4.89. The van der Waals surface area contributed by atoms with Crippen molar-refractivity contribution in [2.75, 3.05) is 46.4 Å². The second kappa shape index (κ2) is 11.1. The van der Waals surface area contributed by atoms with E-state index in [1.165, 1.54) is 0 Å². The molecule has 1 saturated heterocycles. The summed E-state index contributed by atoms with van der Waals surface area (Å²) in [5.74, 6) is 2.53. The maximum atomic E-state index is 6.71. The molecule has 2 heterocycles. The number of aromatic nitrogens is 3. The molecule has 1 aliphatic heterocycles. The van der Waals surface area contributed by atoms with Gasteiger partial charge in [0.15, 0.2) is 0 Å². The second-order valence-electron chi connectivity index (χ2n) is 9.61. The SMILES string of the molecule is COCCN1CCCN(C2Cc3c(Cl)cc(Cl)cc3C2Oc2ccc(-n3c(C)nnc3C)cc2)CC1. The Balaban J connectivity index is 1.39. The lowest BCUT2D eigenvalue weighted by molar-refractivity contribution is 0.0787. The van der Waals surface area contributed by atoms with Crippen LogP contribution >= 0.6 is 23.2 Å². The van der Waals surface area contributed by atoms with Crippen molar-refractivity contribution in [1.29, 1.82) is 0 Å². The number of methoxy groups -OCH3 is 1. The number of fused-ring (bicyclic) bond motifs is 1. The van der Waals surface area contributed by atoms with Crippen LogP contribution in [0.5, 0.6) is 5.75 Å². The molecule has 0 N–H and O–H groups in total. The monoisotopic (exact) mass is 529 g/mol. The summed E-state index contributed by atoms with van der Waals surface area (Å²) in [7, 11) is 1.76. The van der Waals surface area contributed by atoms with Crippen molar-refractivity contribution in [2.45, 2.75) is 38.8 Å². The molecule has 2 aromatic carbocycles. The molecule has 9 heteroatoms. The standard InChI is InChI=1S/C27H33Cl2N5O2/c1-18-30-31-19(2)34(18)21-5-7-22(8-6-21)36-27-24-15-20(28)16-25(29)23(24)17-26(27)33-10-4-9-32(11-12-33)13-14-35-3/h5-8,15-16,26-27H,4,9-14,17H2,1-3H3. The van der Waals surface area contributed by atoms with Gasteiger partial charge in [0.25, 0.3) is 0 Å². The molecule has 2 unspecified atom stereocenters. The van der Waals surface area contributed by atoms with Crippen LogP contribution in [-0.2, 0) is 11.2 Å². The lowest BCUT2D eigenvalue weighted by atomic mass is 10.1. The third-order valence-electron chi connectivity index (χ3n) is 7.31. The largest absolute Gasteiger partial charge is 0.484 e. The Bertz CT molecular complexity index is 1180. The fourth-order valence-electron chi connectivity index (χ4n) is 5.51. The van der Waals surface area contributed by atoms with Crippen molar-refractivity contribution >= 4 is 23.2 Å². The minimum Gasteiger partial charge on any atom is -0.484 e. The van der Waals surface area contributed by atoms with Gasteiger partial charge in [-0.15, -0.1) is 10.2 Å². The van der Waals surface area contributed by atoms with Crippen molar-refractivity contribution in [3.8, 4) is 11.4 Å². The van der Waals surface area contributed by atoms with Crippen LogP contribution < -0.4 is 4.74 Å². The van der Waals surface area contributed by atoms with Crippen LogP contribution in [0.15, 0.2) is 36.4 Å². The third kappa shape index (κ3) is 5.27. The summed E-state index contributed by atoms with van der Waals surface area (Å²) in [6.07, 6.45) is 1.82. The minimum absolute atomic E-state index is 0.147. The number of hydrogen-bond donors (Lipinski definition) is 0. The molecule has 36 heavy (non-hydrogen) atoms. The van der Waals surface area contributed by atoms with E-state index in [1.807, 2.05) is 54.8 Å². The van der Waals surface area contributed by atoms with Gasteiger partial charge in [-0.1, -0.05) is 23.2 Å². The Kier molecular flexibility index (Phi) is 7.84. The van der Waals surface area contributed by atoms with Crippen LogP contribution in [0.2, 0.25) is 10.0 Å². The highest BCUT2D eigenvalue weighted by molar-refractivity contribution is 6.35. The molecule has 1 aliphatic carbocycles. The Morgan fingerprint density at radius 1 is 0.972 bits per heavy atom. The summed E-state index contributed by atoms with van der Waals surface area (Å²) in [4.78, 5) is 5.05. The zero-order valence-electron chi connectivity index (χ0n) is 21.1. The number of benzene rings is 2. The summed E-state index contributed by atoms with van der Waals surface area (Å²) < 4.78 is 14.0. The van der Waals surface area contributed by atoms with Gasteiger partial charge < -0.3 is 9.47 Å². The minimum atomic E-state index is -0.147. The van der Waals surface area contributed by atoms with E-state index in [1.54, 1.807) is 7.11 Å². The molecular weight excluding hydrogens is 497 g/mol. The molecule has 0 spiro atoms. The quantitative estimate of drug-likeness (QED) is 0.434. The average Bonchev–Trinajstić information content (AvgIpc) is 3.28. The summed E-state index contributed by atoms with van der Waals surface area (Å²) in [5, 5.41) is 9.71. The van der Waals surface area contributed by atoms with Gasteiger partial charge in [0.2, 0.25) is 0 Å². The zero-order chi connectivity index (χ0) is 25.2. The molecule has 1 aromatic heterocycles. The smallest absolute Gasteiger partial charge is 0.140 e. The Labute approximate surface area is 222 Å². The molecular formula is C27H33Cl2N5O2. The van der Waals surface area contributed by atoms with E-state index < -0.39 is 0 Å². The fraction of sp³-hybridized carbons (Fsp3) is 0.481. The van der Waals surface area contributed by atoms with Gasteiger partial charge in [-0.2, -0.15) is 0 Å². The number of aryl methyl sites for hydroxylation is 2. The van der Waals surface area contributed by atoms with Crippen LogP contribution in [0.25, 0.3) is 5.69 Å². The van der Waals surface area contributed by atoms with Crippen LogP contribution in [-0.4, -0.2) is 77.0 Å². The van der Waals surface area contributed by atoms with Gasteiger partial charge in [-0.25, -0.2) is 0 Å². The van der Waals surface area contributed by atoms with E-state index in [9.17, 15) is 0 Å². The maximum absolute atomic E-state index is 6.71. The highest BCUT2D eigenvalue weighted by atomic mass is 35.5. The van der Waals surface area contributed by atoms with Crippen molar-refractivity contribution in [3.05, 3.63) is 69.2 Å². The first-order valence-corrected chi connectivity index (χ1v) is 13.3. The van der Waals surface area contributed by atoms with Gasteiger partial charge in [0.1, 0.15) is 23.5 Å². The second-order valence-corrected chi connectivity index (χ2v) is 10.5. The van der Waals surface area contributed by atoms with Crippen molar-refractivity contribution in [3.63, 3.8) is 0 Å². The van der Waals surface area contributed by atoms with Crippen molar-refractivity contribution in [2.24, 2.45) is 0 Å². The van der Waals surface area contributed by atoms with Gasteiger partial charge in [-0.05, 0) is 81.7 Å². The molecule has 2 aliphatic rings. The molecule has 0 amide bonds. The van der Waals surface area contributed by atoms with Gasteiger partial charge in [-0.3, -0.25) is 14.4 Å². The number of rotatable bonds is 7. The normalized spacial score (nSPS) is 20.9. The van der Waals surface area contributed by atoms with Crippen molar-refractivity contribution in [1.82, 2.24) is 24.6 Å². The highest BCUT2D eigenvalue weighted by Crippen LogP contribution is 2.43. The van der Waals surface area contributed by atoms with Gasteiger partial charge in [0, 0.05) is 48.0 Å². The van der Waals surface area contributed by atoms with E-state index in [0.717, 1.165) is 91.4 Å². The Morgan fingerprint density at radius 3 is 2.44 bits per heavy atom. The summed E-state index contributed by atoms with van der Waals surface area (Å²) in [6.45, 7) is 9.75. The molecule has 3 aromatic rings. The topological polar surface area (TPSA) is 55.7 Å². The van der Waals surface area contributed by atoms with E-state index >= 15 is 0 Å². The summed E-state index contributed by atoms with van der Waals surface area (Å²) in [6, 6.07) is 12.2. The molecule has 192 valence electrons. The fourth-order valence-corrected chi connectivity index (χ4v) is 6.09. The molecule has 5 rings (SSSR count).